The number of pyridine rings is 1. The van der Waals surface area contributed by atoms with Gasteiger partial charge in [0.1, 0.15) is 0 Å². The minimum atomic E-state index is -4.69. The van der Waals surface area contributed by atoms with Gasteiger partial charge in [0, 0.05) is 23.5 Å². The van der Waals surface area contributed by atoms with Crippen LogP contribution in [-0.4, -0.2) is 14.6 Å². The second-order valence-electron chi connectivity index (χ2n) is 4.03. The summed E-state index contributed by atoms with van der Waals surface area (Å²) < 4.78 is 38.4. The molecule has 2 heterocycles. The fourth-order valence-corrected chi connectivity index (χ4v) is 1.64. The smallest absolute Gasteiger partial charge is 0.226 e. The highest BCUT2D eigenvalue weighted by Crippen LogP contribution is 2.25. The lowest BCUT2D eigenvalue weighted by atomic mass is 10.2. The molecule has 22 heavy (non-hydrogen) atoms. The molecule has 3 rings (SSSR count). The van der Waals surface area contributed by atoms with Gasteiger partial charge >= 0.3 is 0 Å². The highest BCUT2D eigenvalue weighted by molar-refractivity contribution is 5.60. The Bertz CT molecular complexity index is 638. The molecule has 0 aliphatic heterocycles. The van der Waals surface area contributed by atoms with E-state index in [9.17, 15) is 0 Å². The lowest BCUT2D eigenvalue weighted by Crippen LogP contribution is -2.58. The molecule has 0 unspecified atom stereocenters. The molecule has 0 aliphatic rings. The highest BCUT2D eigenvalue weighted by atomic mass is 35.7. The second-order valence-corrected chi connectivity index (χ2v) is 4.82. The largest absolute Gasteiger partial charge is 0.436 e. The van der Waals surface area contributed by atoms with Crippen LogP contribution in [0.25, 0.3) is 22.8 Å². The summed E-state index contributed by atoms with van der Waals surface area (Å²) in [5.41, 5.74) is 1.96. The zero-order chi connectivity index (χ0) is 16.0. The Balaban J connectivity index is 0.000000309. The summed E-state index contributed by atoms with van der Waals surface area (Å²) in [5, 5.41) is 0. The molecule has 3 aromatic rings. The molecule has 1 N–H and O–H groups in total. The van der Waals surface area contributed by atoms with Gasteiger partial charge in [-0.2, -0.15) is 14.0 Å². The van der Waals surface area contributed by atoms with E-state index >= 15 is 0 Å². The molecule has 0 amide bonds. The third-order valence-corrected chi connectivity index (χ3v) is 2.49. The summed E-state index contributed by atoms with van der Waals surface area (Å²) >= 11 is 0. The molecule has 0 fully saturated rings. The normalized spacial score (nSPS) is 10.7. The van der Waals surface area contributed by atoms with E-state index < -0.39 is 10.2 Å². The summed E-state index contributed by atoms with van der Waals surface area (Å²) in [7, 11) is -4.69. The molecule has 8 heteroatoms. The molecular weight excluding hydrogens is 312 g/mol. The first-order chi connectivity index (χ1) is 10.4. The second kappa shape index (κ2) is 7.12. The molecule has 0 saturated heterocycles. The van der Waals surface area contributed by atoms with Gasteiger partial charge in [0.15, 0.2) is 5.76 Å². The summed E-state index contributed by atoms with van der Waals surface area (Å²) in [5.74, 6) is 1.39. The van der Waals surface area contributed by atoms with Crippen LogP contribution in [0.2, 0.25) is 0 Å². The third kappa shape index (κ3) is 5.24. The average molecular weight is 323 g/mol. The molecule has 0 aliphatic carbocycles. The molecule has 1 aromatic carbocycles. The molecule has 7 nitrogen and oxygen atoms in total. The predicted molar refractivity (Wildman–Crippen MR) is 67.4 cm³/mol. The summed E-state index contributed by atoms with van der Waals surface area (Å²) in [6.45, 7) is 0. The number of halogens is 1. The Hall–Kier alpha value is -2.29. The van der Waals surface area contributed by atoms with Crippen LogP contribution in [0.5, 0.6) is 0 Å². The Morgan fingerprint density at radius 1 is 0.909 bits per heavy atom. The van der Waals surface area contributed by atoms with E-state index in [2.05, 4.69) is 9.97 Å². The van der Waals surface area contributed by atoms with Crippen molar-refractivity contribution in [2.24, 2.45) is 0 Å². The van der Waals surface area contributed by atoms with Crippen molar-refractivity contribution in [3.63, 3.8) is 0 Å². The number of aromatic nitrogens is 2. The fourth-order valence-electron chi connectivity index (χ4n) is 1.64. The van der Waals surface area contributed by atoms with Crippen LogP contribution >= 0.6 is 0 Å². The van der Waals surface area contributed by atoms with Gasteiger partial charge in [0.05, 0.1) is 21.1 Å². The van der Waals surface area contributed by atoms with Gasteiger partial charge in [0.25, 0.3) is 0 Å². The highest BCUT2D eigenvalue weighted by Gasteiger charge is 2.07. The van der Waals surface area contributed by atoms with Gasteiger partial charge in [-0.05, 0) is 12.1 Å². The number of rotatable bonds is 2. The van der Waals surface area contributed by atoms with Crippen LogP contribution < -0.4 is 14.0 Å². The van der Waals surface area contributed by atoms with Crippen LogP contribution in [-0.2, 0) is 0 Å². The zero-order valence-electron chi connectivity index (χ0n) is 11.1. The van der Waals surface area contributed by atoms with Crippen molar-refractivity contribution in [3.8, 4) is 22.8 Å². The van der Waals surface area contributed by atoms with Crippen LogP contribution in [0.4, 0.5) is 0 Å². The summed E-state index contributed by atoms with van der Waals surface area (Å²) in [6.07, 6.45) is 5.19. The molecular formula is C14H11ClN2O5. The van der Waals surface area contributed by atoms with Crippen molar-refractivity contribution < 1.29 is 33.3 Å². The minimum absolute atomic E-state index is 0.617. The average Bonchev–Trinajstić information content (AvgIpc) is 2.97. The van der Waals surface area contributed by atoms with Gasteiger partial charge in [-0.15, -0.1) is 0 Å². The quantitative estimate of drug-likeness (QED) is 0.659. The van der Waals surface area contributed by atoms with E-state index in [1.807, 2.05) is 42.5 Å². The Labute approximate surface area is 127 Å². The first-order valence-corrected chi connectivity index (χ1v) is 7.25. The number of hydrogen-bond acceptors (Lipinski definition) is 7. The standard InChI is InChI=1S/C14H10N2O.ClHO4/c1-2-4-11(5-3-1)13-10-16-14(17-13)12-6-8-15-9-7-12;2-1(3,4)5/h1-10H;(H,2,3,4,5). The molecule has 0 atom stereocenters. The van der Waals surface area contributed by atoms with Crippen LogP contribution in [0, 0.1) is 10.2 Å². The molecule has 0 saturated carbocycles. The monoisotopic (exact) mass is 322 g/mol. The molecule has 0 radical (unpaired) electrons. The number of benzene rings is 1. The van der Waals surface area contributed by atoms with Crippen LogP contribution in [0.3, 0.4) is 0 Å². The van der Waals surface area contributed by atoms with E-state index in [0.29, 0.717) is 5.89 Å². The summed E-state index contributed by atoms with van der Waals surface area (Å²) in [6, 6.07) is 13.7. The van der Waals surface area contributed by atoms with E-state index in [1.54, 1.807) is 18.6 Å². The van der Waals surface area contributed by atoms with E-state index in [0.717, 1.165) is 16.9 Å². The van der Waals surface area contributed by atoms with Gasteiger partial charge in [-0.1, -0.05) is 30.3 Å². The van der Waals surface area contributed by atoms with Crippen LogP contribution in [0.15, 0.2) is 65.5 Å². The fraction of sp³-hybridized carbons (Fsp3) is 0. The van der Waals surface area contributed by atoms with Gasteiger partial charge < -0.3 is 4.42 Å². The lowest BCUT2D eigenvalue weighted by Gasteiger charge is -2.03. The Kier molecular flexibility index (Phi) is 5.21. The SMILES string of the molecule is [O-][Cl+3]([O-])([O-])O.c1ccc(-c2cnc(-c3ccncc3)o2)cc1. The first kappa shape index (κ1) is 16.1. The molecule has 2 aromatic heterocycles. The minimum Gasteiger partial charge on any atom is -0.436 e. The van der Waals surface area contributed by atoms with Crippen molar-refractivity contribution in [1.29, 1.82) is 0 Å². The predicted octanol–water partition coefficient (Wildman–Crippen LogP) is -0.720. The summed E-state index contributed by atoms with van der Waals surface area (Å²) in [4.78, 5) is 8.23. The maximum absolute atomic E-state index is 8.60. The number of oxazole rings is 1. The van der Waals surface area contributed by atoms with Gasteiger partial charge in [0.2, 0.25) is 5.89 Å². The maximum atomic E-state index is 8.60. The topological polar surface area (TPSA) is 128 Å². The van der Waals surface area contributed by atoms with Gasteiger partial charge in [-0.3, -0.25) is 4.98 Å². The van der Waals surface area contributed by atoms with Crippen molar-refractivity contribution in [2.75, 3.05) is 0 Å². The van der Waals surface area contributed by atoms with Crippen molar-refractivity contribution in [2.45, 2.75) is 0 Å². The van der Waals surface area contributed by atoms with Crippen molar-refractivity contribution in [1.82, 2.24) is 9.97 Å². The molecule has 0 bridgehead atoms. The van der Waals surface area contributed by atoms with E-state index in [-0.39, 0.29) is 0 Å². The van der Waals surface area contributed by atoms with E-state index in [4.69, 9.17) is 23.1 Å². The molecule has 114 valence electrons. The maximum Gasteiger partial charge on any atom is 0.226 e. The van der Waals surface area contributed by atoms with E-state index in [1.165, 1.54) is 0 Å². The third-order valence-electron chi connectivity index (χ3n) is 2.49. The number of nitrogens with zero attached hydrogens (tertiary/aromatic N) is 2. The van der Waals surface area contributed by atoms with Crippen molar-refractivity contribution >= 4 is 0 Å². The number of hydrogen-bond donors (Lipinski definition) is 1. The van der Waals surface area contributed by atoms with Gasteiger partial charge in [-0.25, -0.2) is 4.98 Å². The lowest BCUT2D eigenvalue weighted by molar-refractivity contribution is -1.92. The molecule has 0 spiro atoms. The van der Waals surface area contributed by atoms with Crippen LogP contribution in [0.1, 0.15) is 0 Å². The Morgan fingerprint density at radius 2 is 1.50 bits per heavy atom. The zero-order valence-corrected chi connectivity index (χ0v) is 11.9. The first-order valence-electron chi connectivity index (χ1n) is 5.98. The van der Waals surface area contributed by atoms with Crippen molar-refractivity contribution in [3.05, 3.63) is 61.1 Å². The Morgan fingerprint density at radius 3 is 2.09 bits per heavy atom.